The Morgan fingerprint density at radius 2 is 1.95 bits per heavy atom. The molecule has 0 radical (unpaired) electrons. The lowest BCUT2D eigenvalue weighted by atomic mass is 10.0. The molecule has 5 heteroatoms. The second-order valence-electron chi connectivity index (χ2n) is 4.73. The van der Waals surface area contributed by atoms with Gasteiger partial charge in [0, 0.05) is 16.9 Å². The molecule has 0 aliphatic rings. The number of nitrogens with one attached hydrogen (secondary N) is 1. The highest BCUT2D eigenvalue weighted by molar-refractivity contribution is 9.10. The van der Waals surface area contributed by atoms with Crippen molar-refractivity contribution in [1.82, 2.24) is 0 Å². The van der Waals surface area contributed by atoms with Gasteiger partial charge in [-0.25, -0.2) is 0 Å². The van der Waals surface area contributed by atoms with E-state index >= 15 is 0 Å². The van der Waals surface area contributed by atoms with Crippen LogP contribution in [-0.2, 0) is 4.79 Å². The fraction of sp³-hybridized carbons (Fsp3) is 0.188. The molecule has 0 aromatic heterocycles. The molecular formula is C16H16BrClN2O. The number of amides is 1. The molecule has 2 aromatic rings. The molecule has 0 bridgehead atoms. The Hall–Kier alpha value is -1.36. The van der Waals surface area contributed by atoms with Crippen molar-refractivity contribution < 1.29 is 4.79 Å². The molecule has 0 spiro atoms. The van der Waals surface area contributed by atoms with Crippen molar-refractivity contribution >= 4 is 39.1 Å². The van der Waals surface area contributed by atoms with E-state index in [4.69, 9.17) is 17.3 Å². The van der Waals surface area contributed by atoms with Gasteiger partial charge in [0.25, 0.3) is 0 Å². The predicted molar refractivity (Wildman–Crippen MR) is 90.4 cm³/mol. The molecule has 1 atom stereocenters. The lowest BCUT2D eigenvalue weighted by molar-refractivity contribution is -0.116. The zero-order chi connectivity index (χ0) is 15.2. The summed E-state index contributed by atoms with van der Waals surface area (Å²) in [6, 6.07) is 15.0. The summed E-state index contributed by atoms with van der Waals surface area (Å²) in [6.07, 6.45) is 0.937. The maximum Gasteiger partial charge on any atom is 0.224 e. The van der Waals surface area contributed by atoms with Gasteiger partial charge < -0.3 is 11.1 Å². The van der Waals surface area contributed by atoms with E-state index in [1.165, 1.54) is 0 Å². The van der Waals surface area contributed by atoms with Crippen LogP contribution in [0, 0.1) is 0 Å². The molecular weight excluding hydrogens is 352 g/mol. The van der Waals surface area contributed by atoms with Crippen LogP contribution in [0.1, 0.15) is 24.4 Å². The Morgan fingerprint density at radius 1 is 1.24 bits per heavy atom. The third-order valence-electron chi connectivity index (χ3n) is 3.12. The lowest BCUT2D eigenvalue weighted by Gasteiger charge is -2.12. The summed E-state index contributed by atoms with van der Waals surface area (Å²) in [6.45, 7) is 0. The van der Waals surface area contributed by atoms with E-state index in [1.54, 1.807) is 12.1 Å². The highest BCUT2D eigenvalue weighted by Gasteiger charge is 2.10. The van der Waals surface area contributed by atoms with Crippen molar-refractivity contribution in [2.45, 2.75) is 18.9 Å². The molecule has 0 aliphatic heterocycles. The first-order valence-electron chi connectivity index (χ1n) is 6.61. The second-order valence-corrected chi connectivity index (χ2v) is 6.05. The number of halogens is 2. The minimum absolute atomic E-state index is 0.0920. The van der Waals surface area contributed by atoms with Gasteiger partial charge >= 0.3 is 0 Å². The SMILES string of the molecule is NC(CCC(=O)Nc1ccc(Br)cc1Cl)c1ccccc1. The molecule has 0 fully saturated rings. The Labute approximate surface area is 137 Å². The van der Waals surface area contributed by atoms with Gasteiger partial charge in [-0.2, -0.15) is 0 Å². The van der Waals surface area contributed by atoms with E-state index in [-0.39, 0.29) is 11.9 Å². The van der Waals surface area contributed by atoms with E-state index < -0.39 is 0 Å². The zero-order valence-electron chi connectivity index (χ0n) is 11.4. The summed E-state index contributed by atoms with van der Waals surface area (Å²) in [5.41, 5.74) is 7.72. The summed E-state index contributed by atoms with van der Waals surface area (Å²) in [7, 11) is 0. The van der Waals surface area contributed by atoms with Gasteiger partial charge in [-0.15, -0.1) is 0 Å². The van der Waals surface area contributed by atoms with Gasteiger partial charge in [0.2, 0.25) is 5.91 Å². The maximum atomic E-state index is 11.9. The third-order valence-corrected chi connectivity index (χ3v) is 3.92. The molecule has 0 saturated carbocycles. The number of hydrogen-bond donors (Lipinski definition) is 2. The summed E-state index contributed by atoms with van der Waals surface area (Å²) in [5, 5.41) is 3.30. The minimum Gasteiger partial charge on any atom is -0.325 e. The molecule has 1 amide bonds. The van der Waals surface area contributed by atoms with Crippen molar-refractivity contribution in [2.75, 3.05) is 5.32 Å². The molecule has 0 saturated heterocycles. The Morgan fingerprint density at radius 3 is 2.62 bits per heavy atom. The number of benzene rings is 2. The normalized spacial score (nSPS) is 12.0. The van der Waals surface area contributed by atoms with Crippen LogP contribution in [-0.4, -0.2) is 5.91 Å². The van der Waals surface area contributed by atoms with Crippen LogP contribution in [0.5, 0.6) is 0 Å². The van der Waals surface area contributed by atoms with Crippen LogP contribution in [0.2, 0.25) is 5.02 Å². The first-order chi connectivity index (χ1) is 10.1. The summed E-state index contributed by atoms with van der Waals surface area (Å²) in [5.74, 6) is -0.0920. The topological polar surface area (TPSA) is 55.1 Å². The number of rotatable bonds is 5. The minimum atomic E-state index is -0.141. The van der Waals surface area contributed by atoms with E-state index in [0.717, 1.165) is 10.0 Å². The molecule has 1 unspecified atom stereocenters. The van der Waals surface area contributed by atoms with Crippen LogP contribution >= 0.6 is 27.5 Å². The summed E-state index contributed by atoms with van der Waals surface area (Å²) < 4.78 is 0.872. The molecule has 110 valence electrons. The molecule has 3 N–H and O–H groups in total. The maximum absolute atomic E-state index is 11.9. The van der Waals surface area contributed by atoms with Gasteiger partial charge in [0.15, 0.2) is 0 Å². The average Bonchev–Trinajstić information content (AvgIpc) is 2.48. The van der Waals surface area contributed by atoms with Crippen LogP contribution in [0.15, 0.2) is 53.0 Å². The molecule has 2 aromatic carbocycles. The standard InChI is InChI=1S/C16H16BrClN2O/c17-12-6-8-15(13(18)10-12)20-16(21)9-7-14(19)11-4-2-1-3-5-11/h1-6,8,10,14H,7,9,19H2,(H,20,21). The number of anilines is 1. The highest BCUT2D eigenvalue weighted by Crippen LogP contribution is 2.26. The average molecular weight is 368 g/mol. The first kappa shape index (κ1) is 16.0. The fourth-order valence-corrected chi connectivity index (χ4v) is 2.68. The van der Waals surface area contributed by atoms with Crippen molar-refractivity contribution in [1.29, 1.82) is 0 Å². The second kappa shape index (κ2) is 7.59. The monoisotopic (exact) mass is 366 g/mol. The molecule has 2 rings (SSSR count). The zero-order valence-corrected chi connectivity index (χ0v) is 13.7. The molecule has 0 aliphatic carbocycles. The molecule has 3 nitrogen and oxygen atoms in total. The lowest BCUT2D eigenvalue weighted by Crippen LogP contribution is -2.16. The van der Waals surface area contributed by atoms with Gasteiger partial charge in [0.1, 0.15) is 0 Å². The van der Waals surface area contributed by atoms with Crippen molar-refractivity contribution in [3.63, 3.8) is 0 Å². The summed E-state index contributed by atoms with van der Waals surface area (Å²) in [4.78, 5) is 11.9. The number of hydrogen-bond acceptors (Lipinski definition) is 2. The van der Waals surface area contributed by atoms with E-state index in [9.17, 15) is 4.79 Å². The number of carbonyl (C=O) groups excluding carboxylic acids is 1. The molecule has 21 heavy (non-hydrogen) atoms. The summed E-state index contributed by atoms with van der Waals surface area (Å²) >= 11 is 9.39. The number of carbonyl (C=O) groups is 1. The van der Waals surface area contributed by atoms with Gasteiger partial charge in [-0.1, -0.05) is 57.9 Å². The first-order valence-corrected chi connectivity index (χ1v) is 7.79. The van der Waals surface area contributed by atoms with E-state index in [2.05, 4.69) is 21.2 Å². The van der Waals surface area contributed by atoms with Crippen LogP contribution in [0.4, 0.5) is 5.69 Å². The third kappa shape index (κ3) is 4.84. The van der Waals surface area contributed by atoms with Crippen LogP contribution in [0.25, 0.3) is 0 Å². The van der Waals surface area contributed by atoms with Crippen LogP contribution < -0.4 is 11.1 Å². The van der Waals surface area contributed by atoms with Crippen molar-refractivity contribution in [2.24, 2.45) is 5.73 Å². The Kier molecular flexibility index (Phi) is 5.79. The Bertz CT molecular complexity index is 619. The highest BCUT2D eigenvalue weighted by atomic mass is 79.9. The fourth-order valence-electron chi connectivity index (χ4n) is 1.96. The van der Waals surface area contributed by atoms with Gasteiger partial charge in [-0.05, 0) is 30.2 Å². The van der Waals surface area contributed by atoms with Crippen LogP contribution in [0.3, 0.4) is 0 Å². The number of nitrogens with two attached hydrogens (primary N) is 1. The predicted octanol–water partition coefficient (Wildman–Crippen LogP) is 4.52. The van der Waals surface area contributed by atoms with Gasteiger partial charge in [0.05, 0.1) is 10.7 Å². The molecule has 0 heterocycles. The van der Waals surface area contributed by atoms with Crippen molar-refractivity contribution in [3.05, 3.63) is 63.6 Å². The van der Waals surface area contributed by atoms with Gasteiger partial charge in [-0.3, -0.25) is 4.79 Å². The van der Waals surface area contributed by atoms with Crippen molar-refractivity contribution in [3.8, 4) is 0 Å². The Balaban J connectivity index is 1.87. The largest absolute Gasteiger partial charge is 0.325 e. The van der Waals surface area contributed by atoms with E-state index in [0.29, 0.717) is 23.6 Å². The quantitative estimate of drug-likeness (QED) is 0.816. The van der Waals surface area contributed by atoms with E-state index in [1.807, 2.05) is 36.4 Å². The smallest absolute Gasteiger partial charge is 0.224 e.